The number of allylic oxidation sites excluding steroid dienone is 3. The van der Waals surface area contributed by atoms with Crippen LogP contribution in [0.4, 0.5) is 0 Å². The molecule has 0 saturated carbocycles. The molecule has 3 heteroatoms. The lowest BCUT2D eigenvalue weighted by atomic mass is 9.88. The zero-order valence-corrected chi connectivity index (χ0v) is 9.40. The normalized spacial score (nSPS) is 31.9. The van der Waals surface area contributed by atoms with Gasteiger partial charge >= 0.3 is 0 Å². The predicted molar refractivity (Wildman–Crippen MR) is 62.0 cm³/mol. The largest absolute Gasteiger partial charge is 0.488 e. The number of rotatable bonds is 0. The van der Waals surface area contributed by atoms with Crippen molar-refractivity contribution in [3.8, 4) is 0 Å². The Kier molecular flexibility index (Phi) is 2.13. The molecule has 3 rings (SSSR count). The minimum atomic E-state index is -0.333. The van der Waals surface area contributed by atoms with Crippen molar-refractivity contribution in [2.45, 2.75) is 31.8 Å². The summed E-state index contributed by atoms with van der Waals surface area (Å²) in [6, 6.07) is 0. The Morgan fingerprint density at radius 1 is 1.31 bits per heavy atom. The van der Waals surface area contributed by atoms with Gasteiger partial charge in [0.2, 0.25) is 0 Å². The molecule has 2 heterocycles. The van der Waals surface area contributed by atoms with Gasteiger partial charge < -0.3 is 9.57 Å². The molecule has 3 nitrogen and oxygen atoms in total. The Morgan fingerprint density at radius 2 is 2.19 bits per heavy atom. The van der Waals surface area contributed by atoms with E-state index >= 15 is 0 Å². The van der Waals surface area contributed by atoms with Gasteiger partial charge in [0.05, 0.1) is 5.71 Å². The lowest BCUT2D eigenvalue weighted by Gasteiger charge is -2.30. The molecular weight excluding hydrogens is 202 g/mol. The Labute approximate surface area is 95.1 Å². The number of ether oxygens (including phenoxy) is 1. The molecule has 16 heavy (non-hydrogen) atoms. The lowest BCUT2D eigenvalue weighted by Crippen LogP contribution is -2.37. The summed E-state index contributed by atoms with van der Waals surface area (Å²) in [5.74, 6) is 0.948. The number of hydrogen-bond donors (Lipinski definition) is 0. The summed E-state index contributed by atoms with van der Waals surface area (Å²) < 4.78 is 5.71. The molecule has 0 saturated heterocycles. The number of fused-ring (bicyclic) bond motifs is 1. The van der Waals surface area contributed by atoms with Crippen molar-refractivity contribution in [3.63, 3.8) is 0 Å². The van der Waals surface area contributed by atoms with Crippen LogP contribution in [0.5, 0.6) is 0 Å². The number of nitrogens with zero attached hydrogens (tertiary/aromatic N) is 1. The molecule has 0 aromatic carbocycles. The third-order valence-corrected chi connectivity index (χ3v) is 3.31. The van der Waals surface area contributed by atoms with Gasteiger partial charge in [0, 0.05) is 12.0 Å². The zero-order valence-electron chi connectivity index (χ0n) is 9.40. The van der Waals surface area contributed by atoms with E-state index in [4.69, 9.17) is 9.57 Å². The average molecular weight is 217 g/mol. The van der Waals surface area contributed by atoms with Crippen molar-refractivity contribution in [2.75, 3.05) is 6.61 Å². The molecule has 0 aromatic rings. The van der Waals surface area contributed by atoms with E-state index in [1.54, 1.807) is 0 Å². The molecule has 1 aliphatic carbocycles. The molecule has 0 aromatic heterocycles. The first-order chi connectivity index (χ1) is 7.80. The second-order valence-corrected chi connectivity index (χ2v) is 4.52. The van der Waals surface area contributed by atoms with Gasteiger partial charge in [-0.25, -0.2) is 0 Å². The smallest absolute Gasteiger partial charge is 0.200 e. The van der Waals surface area contributed by atoms with E-state index in [1.165, 1.54) is 0 Å². The fourth-order valence-electron chi connectivity index (χ4n) is 2.31. The number of oxime groups is 1. The molecule has 0 bridgehead atoms. The molecule has 1 spiro atoms. The third-order valence-electron chi connectivity index (χ3n) is 3.31. The van der Waals surface area contributed by atoms with Crippen LogP contribution in [0.15, 0.2) is 40.8 Å². The molecular formula is C13H15NO2. The molecule has 0 amide bonds. The van der Waals surface area contributed by atoms with Gasteiger partial charge in [0.15, 0.2) is 5.60 Å². The van der Waals surface area contributed by atoms with E-state index in [0.717, 1.165) is 36.3 Å². The zero-order chi connectivity index (χ0) is 11.0. The van der Waals surface area contributed by atoms with Crippen LogP contribution < -0.4 is 0 Å². The van der Waals surface area contributed by atoms with Crippen molar-refractivity contribution in [3.05, 3.63) is 35.6 Å². The Balaban J connectivity index is 1.99. The summed E-state index contributed by atoms with van der Waals surface area (Å²) >= 11 is 0. The van der Waals surface area contributed by atoms with Crippen LogP contribution in [-0.4, -0.2) is 17.9 Å². The highest BCUT2D eigenvalue weighted by Gasteiger charge is 2.45. The standard InChI is InChI=1S/C13H15NO2/c1-10-7-8-13(16-14-10)9-15-12-6-4-2-3-5-11(12)13/h3-6H,2,7-9H2,1H3. The van der Waals surface area contributed by atoms with Crippen molar-refractivity contribution >= 4 is 5.71 Å². The Morgan fingerprint density at radius 3 is 3.00 bits per heavy atom. The summed E-state index contributed by atoms with van der Waals surface area (Å²) in [5.41, 5.74) is 1.88. The Bertz CT molecular complexity index is 431. The first-order valence-electron chi connectivity index (χ1n) is 5.72. The topological polar surface area (TPSA) is 30.8 Å². The van der Waals surface area contributed by atoms with Crippen LogP contribution in [0.25, 0.3) is 0 Å². The monoisotopic (exact) mass is 217 g/mol. The van der Waals surface area contributed by atoms with E-state index in [2.05, 4.69) is 23.4 Å². The Hall–Kier alpha value is -1.51. The van der Waals surface area contributed by atoms with Crippen LogP contribution in [0.1, 0.15) is 26.2 Å². The second kappa shape index (κ2) is 3.51. The van der Waals surface area contributed by atoms with Gasteiger partial charge in [0.1, 0.15) is 12.4 Å². The average Bonchev–Trinajstić information content (AvgIpc) is 2.51. The van der Waals surface area contributed by atoms with Crippen molar-refractivity contribution in [1.82, 2.24) is 0 Å². The molecule has 1 atom stereocenters. The fraction of sp³-hybridized carbons (Fsp3) is 0.462. The molecule has 0 fully saturated rings. The summed E-state index contributed by atoms with van der Waals surface area (Å²) in [7, 11) is 0. The van der Waals surface area contributed by atoms with Gasteiger partial charge in [-0.2, -0.15) is 0 Å². The van der Waals surface area contributed by atoms with Crippen molar-refractivity contribution in [2.24, 2.45) is 5.16 Å². The maximum absolute atomic E-state index is 5.71. The van der Waals surface area contributed by atoms with Gasteiger partial charge in [-0.3, -0.25) is 0 Å². The molecule has 84 valence electrons. The molecule has 2 aliphatic heterocycles. The minimum absolute atomic E-state index is 0.333. The summed E-state index contributed by atoms with van der Waals surface area (Å²) in [5, 5.41) is 4.13. The molecule has 3 aliphatic rings. The second-order valence-electron chi connectivity index (χ2n) is 4.52. The summed E-state index contributed by atoms with van der Waals surface area (Å²) in [6.07, 6.45) is 11.3. The predicted octanol–water partition coefficient (Wildman–Crippen LogP) is 2.71. The summed E-state index contributed by atoms with van der Waals surface area (Å²) in [4.78, 5) is 5.68. The SMILES string of the molecule is CC1=NOC2(CC1)COC1=C2C=CCC=C1. The van der Waals surface area contributed by atoms with E-state index in [9.17, 15) is 0 Å². The lowest BCUT2D eigenvalue weighted by molar-refractivity contribution is -0.0471. The van der Waals surface area contributed by atoms with Crippen molar-refractivity contribution in [1.29, 1.82) is 0 Å². The third kappa shape index (κ3) is 1.39. The highest BCUT2D eigenvalue weighted by atomic mass is 16.7. The number of hydrogen-bond acceptors (Lipinski definition) is 3. The van der Waals surface area contributed by atoms with Crippen LogP contribution in [0, 0.1) is 0 Å². The molecule has 0 N–H and O–H groups in total. The van der Waals surface area contributed by atoms with Gasteiger partial charge in [-0.1, -0.05) is 23.4 Å². The first-order valence-corrected chi connectivity index (χ1v) is 5.72. The van der Waals surface area contributed by atoms with E-state index in [-0.39, 0.29) is 5.60 Å². The molecule has 0 radical (unpaired) electrons. The van der Waals surface area contributed by atoms with Crippen LogP contribution >= 0.6 is 0 Å². The molecule has 1 unspecified atom stereocenters. The maximum Gasteiger partial charge on any atom is 0.200 e. The van der Waals surface area contributed by atoms with E-state index in [0.29, 0.717) is 6.61 Å². The quantitative estimate of drug-likeness (QED) is 0.624. The minimum Gasteiger partial charge on any atom is -0.488 e. The van der Waals surface area contributed by atoms with Crippen LogP contribution in [-0.2, 0) is 9.57 Å². The van der Waals surface area contributed by atoms with Gasteiger partial charge in [0.25, 0.3) is 0 Å². The van der Waals surface area contributed by atoms with E-state index in [1.807, 2.05) is 13.0 Å². The van der Waals surface area contributed by atoms with Crippen LogP contribution in [0.2, 0.25) is 0 Å². The van der Waals surface area contributed by atoms with Gasteiger partial charge in [-0.15, -0.1) is 0 Å². The summed E-state index contributed by atoms with van der Waals surface area (Å²) in [6.45, 7) is 2.59. The highest BCUT2D eigenvalue weighted by Crippen LogP contribution is 2.40. The van der Waals surface area contributed by atoms with Crippen LogP contribution in [0.3, 0.4) is 0 Å². The fourth-order valence-corrected chi connectivity index (χ4v) is 2.31. The maximum atomic E-state index is 5.71. The van der Waals surface area contributed by atoms with Gasteiger partial charge in [-0.05, 0) is 25.8 Å². The van der Waals surface area contributed by atoms with Crippen molar-refractivity contribution < 1.29 is 9.57 Å². The first kappa shape index (κ1) is 9.70. The highest BCUT2D eigenvalue weighted by molar-refractivity contribution is 5.82. The van der Waals surface area contributed by atoms with E-state index < -0.39 is 0 Å².